The molecule has 28 heavy (non-hydrogen) atoms. The van der Waals surface area contributed by atoms with Gasteiger partial charge >= 0.3 is 6.18 Å². The number of thiazole rings is 1. The van der Waals surface area contributed by atoms with E-state index in [1.165, 1.54) is 17.4 Å². The molecule has 0 bridgehead atoms. The summed E-state index contributed by atoms with van der Waals surface area (Å²) in [4.78, 5) is 17.4. The topological polar surface area (TPSA) is 42.0 Å². The Labute approximate surface area is 176 Å². The lowest BCUT2D eigenvalue weighted by atomic mass is 10.1. The molecule has 146 valence electrons. The number of nitrogens with one attached hydrogen (secondary N) is 1. The molecule has 3 aromatic rings. The minimum Gasteiger partial charge on any atom is -0.298 e. The van der Waals surface area contributed by atoms with Crippen molar-refractivity contribution in [2.24, 2.45) is 0 Å². The van der Waals surface area contributed by atoms with E-state index in [4.69, 9.17) is 11.6 Å². The molecule has 0 unspecified atom stereocenters. The third kappa shape index (κ3) is 4.92. The number of aromatic nitrogens is 1. The first-order valence-corrected chi connectivity index (χ1v) is 10.0. The van der Waals surface area contributed by atoms with Crippen LogP contribution >= 0.6 is 38.9 Å². The molecule has 0 saturated carbocycles. The van der Waals surface area contributed by atoms with Crippen molar-refractivity contribution in [3.63, 3.8) is 0 Å². The van der Waals surface area contributed by atoms with Crippen LogP contribution in [0.3, 0.4) is 0 Å². The van der Waals surface area contributed by atoms with Gasteiger partial charge in [0, 0.05) is 26.4 Å². The van der Waals surface area contributed by atoms with Crippen LogP contribution in [-0.2, 0) is 12.6 Å². The summed E-state index contributed by atoms with van der Waals surface area (Å²) in [5.74, 6) is -0.321. The number of amides is 1. The average Bonchev–Trinajstić information content (AvgIpc) is 2.95. The first kappa shape index (κ1) is 20.8. The normalized spacial score (nSPS) is 11.5. The van der Waals surface area contributed by atoms with Gasteiger partial charge in [-0.05, 0) is 48.9 Å². The molecule has 1 aromatic heterocycles. The Morgan fingerprint density at radius 2 is 2.00 bits per heavy atom. The number of rotatable bonds is 4. The standard InChI is InChI=1S/C19H13BrClF3N2OS/c1-10-16(9-12-7-13(19(22,23)24)5-6-15(12)21)28-18(25-10)26-17(27)11-3-2-4-14(20)8-11/h2-8H,9H2,1H3,(H,25,26,27). The fourth-order valence-corrected chi connectivity index (χ4v) is 4.07. The van der Waals surface area contributed by atoms with Gasteiger partial charge in [-0.15, -0.1) is 11.3 Å². The van der Waals surface area contributed by atoms with Gasteiger partial charge in [-0.2, -0.15) is 13.2 Å². The number of hydrogen-bond donors (Lipinski definition) is 1. The third-order valence-corrected chi connectivity index (χ3v) is 5.86. The van der Waals surface area contributed by atoms with Gasteiger partial charge in [0.25, 0.3) is 5.91 Å². The zero-order chi connectivity index (χ0) is 20.5. The maximum atomic E-state index is 13.0. The van der Waals surface area contributed by atoms with Crippen molar-refractivity contribution in [3.8, 4) is 0 Å². The van der Waals surface area contributed by atoms with Gasteiger partial charge in [0.15, 0.2) is 5.13 Å². The highest BCUT2D eigenvalue weighted by molar-refractivity contribution is 9.10. The van der Waals surface area contributed by atoms with Crippen LogP contribution in [0.5, 0.6) is 0 Å². The number of benzene rings is 2. The van der Waals surface area contributed by atoms with E-state index in [0.29, 0.717) is 22.0 Å². The summed E-state index contributed by atoms with van der Waals surface area (Å²) in [6.07, 6.45) is -4.25. The Kier molecular flexibility index (Phi) is 6.12. The molecule has 0 spiro atoms. The molecule has 0 saturated heterocycles. The van der Waals surface area contributed by atoms with Gasteiger partial charge < -0.3 is 0 Å². The summed E-state index contributed by atoms with van der Waals surface area (Å²) in [6, 6.07) is 10.1. The zero-order valence-corrected chi connectivity index (χ0v) is 17.6. The fourth-order valence-electron chi connectivity index (χ4n) is 2.50. The number of nitrogens with zero attached hydrogens (tertiary/aromatic N) is 1. The molecule has 0 fully saturated rings. The van der Waals surface area contributed by atoms with Crippen LogP contribution in [-0.4, -0.2) is 10.9 Å². The number of carbonyl (C=O) groups excluding carboxylic acids is 1. The van der Waals surface area contributed by atoms with E-state index in [-0.39, 0.29) is 17.4 Å². The molecular weight excluding hydrogens is 477 g/mol. The Balaban J connectivity index is 1.81. The van der Waals surface area contributed by atoms with Crippen LogP contribution in [0.1, 0.15) is 32.1 Å². The molecule has 9 heteroatoms. The smallest absolute Gasteiger partial charge is 0.298 e. The quantitative estimate of drug-likeness (QED) is 0.441. The van der Waals surface area contributed by atoms with Crippen LogP contribution in [0, 0.1) is 6.92 Å². The monoisotopic (exact) mass is 488 g/mol. The number of hydrogen-bond acceptors (Lipinski definition) is 3. The molecule has 1 amide bonds. The van der Waals surface area contributed by atoms with E-state index in [1.807, 2.05) is 0 Å². The Hall–Kier alpha value is -1.90. The molecule has 0 radical (unpaired) electrons. The Bertz CT molecular complexity index is 1040. The predicted octanol–water partition coefficient (Wildman–Crippen LogP) is 6.73. The van der Waals surface area contributed by atoms with E-state index in [1.54, 1.807) is 31.2 Å². The van der Waals surface area contributed by atoms with Crippen molar-refractivity contribution in [1.29, 1.82) is 0 Å². The van der Waals surface area contributed by atoms with Gasteiger partial charge in [0.2, 0.25) is 0 Å². The lowest BCUT2D eigenvalue weighted by Gasteiger charge is -2.10. The number of aryl methyl sites for hydroxylation is 1. The number of alkyl halides is 3. The lowest BCUT2D eigenvalue weighted by molar-refractivity contribution is -0.137. The lowest BCUT2D eigenvalue weighted by Crippen LogP contribution is -2.11. The van der Waals surface area contributed by atoms with Crippen LogP contribution in [0.25, 0.3) is 0 Å². The Morgan fingerprint density at radius 1 is 1.25 bits per heavy atom. The SMILES string of the molecule is Cc1nc(NC(=O)c2cccc(Br)c2)sc1Cc1cc(C(F)(F)F)ccc1Cl. The number of carbonyl (C=O) groups is 1. The van der Waals surface area contributed by atoms with Crippen molar-refractivity contribution in [2.75, 3.05) is 5.32 Å². The maximum absolute atomic E-state index is 13.0. The molecule has 0 aliphatic carbocycles. The zero-order valence-electron chi connectivity index (χ0n) is 14.4. The molecule has 0 aliphatic heterocycles. The molecule has 3 nitrogen and oxygen atoms in total. The molecule has 2 aromatic carbocycles. The van der Waals surface area contributed by atoms with Crippen LogP contribution in [0.15, 0.2) is 46.9 Å². The number of halogens is 5. The first-order chi connectivity index (χ1) is 13.1. The van der Waals surface area contributed by atoms with Crippen molar-refractivity contribution in [1.82, 2.24) is 4.98 Å². The minimum atomic E-state index is -4.44. The van der Waals surface area contributed by atoms with Gasteiger partial charge in [-0.25, -0.2) is 4.98 Å². The van der Waals surface area contributed by atoms with Crippen molar-refractivity contribution in [2.45, 2.75) is 19.5 Å². The summed E-state index contributed by atoms with van der Waals surface area (Å²) in [6.45, 7) is 1.74. The first-order valence-electron chi connectivity index (χ1n) is 8.02. The molecule has 0 aliphatic rings. The highest BCUT2D eigenvalue weighted by Gasteiger charge is 2.31. The molecule has 3 rings (SSSR count). The van der Waals surface area contributed by atoms with Crippen molar-refractivity contribution >= 4 is 49.9 Å². The van der Waals surface area contributed by atoms with E-state index >= 15 is 0 Å². The highest BCUT2D eigenvalue weighted by Crippen LogP contribution is 2.34. The maximum Gasteiger partial charge on any atom is 0.416 e. The molecule has 1 heterocycles. The minimum absolute atomic E-state index is 0.193. The van der Waals surface area contributed by atoms with Crippen molar-refractivity contribution in [3.05, 3.63) is 79.2 Å². The van der Waals surface area contributed by atoms with E-state index in [9.17, 15) is 18.0 Å². The van der Waals surface area contributed by atoms with Gasteiger partial charge in [-0.1, -0.05) is 33.6 Å². The van der Waals surface area contributed by atoms with E-state index in [2.05, 4.69) is 26.2 Å². The summed E-state index contributed by atoms with van der Waals surface area (Å²) in [7, 11) is 0. The average molecular weight is 490 g/mol. The van der Waals surface area contributed by atoms with E-state index in [0.717, 1.165) is 21.5 Å². The predicted molar refractivity (Wildman–Crippen MR) is 108 cm³/mol. The largest absolute Gasteiger partial charge is 0.416 e. The third-order valence-electron chi connectivity index (χ3n) is 3.92. The summed E-state index contributed by atoms with van der Waals surface area (Å²) in [5.41, 5.74) is 0.693. The summed E-state index contributed by atoms with van der Waals surface area (Å²) in [5, 5.41) is 3.34. The van der Waals surface area contributed by atoms with Crippen LogP contribution in [0.2, 0.25) is 5.02 Å². The summed E-state index contributed by atoms with van der Waals surface area (Å²) >= 11 is 10.6. The molecular formula is C19H13BrClF3N2OS. The Morgan fingerprint density at radius 3 is 2.68 bits per heavy atom. The number of anilines is 1. The summed E-state index contributed by atoms with van der Waals surface area (Å²) < 4.78 is 39.6. The van der Waals surface area contributed by atoms with Gasteiger partial charge in [-0.3, -0.25) is 10.1 Å². The highest BCUT2D eigenvalue weighted by atomic mass is 79.9. The molecule has 0 atom stereocenters. The second-order valence-corrected chi connectivity index (χ2v) is 8.38. The molecule has 1 N–H and O–H groups in total. The van der Waals surface area contributed by atoms with E-state index < -0.39 is 11.7 Å². The second kappa shape index (κ2) is 8.23. The van der Waals surface area contributed by atoms with Gasteiger partial charge in [0.1, 0.15) is 0 Å². The van der Waals surface area contributed by atoms with Crippen molar-refractivity contribution < 1.29 is 18.0 Å². The van der Waals surface area contributed by atoms with Crippen LogP contribution in [0.4, 0.5) is 18.3 Å². The fraction of sp³-hybridized carbons (Fsp3) is 0.158. The van der Waals surface area contributed by atoms with Crippen LogP contribution < -0.4 is 5.32 Å². The van der Waals surface area contributed by atoms with Gasteiger partial charge in [0.05, 0.1) is 11.3 Å². The second-order valence-electron chi connectivity index (χ2n) is 5.97.